The first-order chi connectivity index (χ1) is 9.93. The van der Waals surface area contributed by atoms with Gasteiger partial charge in [-0.05, 0) is 17.3 Å². The van der Waals surface area contributed by atoms with Crippen LogP contribution in [0.2, 0.25) is 0 Å². The van der Waals surface area contributed by atoms with Crippen molar-refractivity contribution in [3.63, 3.8) is 0 Å². The second-order valence-electron chi connectivity index (χ2n) is 6.26. The second kappa shape index (κ2) is 6.87. The fourth-order valence-corrected chi connectivity index (χ4v) is 5.45. The van der Waals surface area contributed by atoms with Crippen molar-refractivity contribution in [3.05, 3.63) is 66.2 Å². The number of nitrogens with one attached hydrogen (secondary N) is 1. The molecule has 0 aliphatic rings. The van der Waals surface area contributed by atoms with Gasteiger partial charge in [0.2, 0.25) is 0 Å². The smallest absolute Gasteiger partial charge is 0.0455 e. The van der Waals surface area contributed by atoms with Gasteiger partial charge in [-0.15, -0.1) is 0 Å². The lowest BCUT2D eigenvalue weighted by molar-refractivity contribution is 0.761. The van der Waals surface area contributed by atoms with Gasteiger partial charge in [-0.1, -0.05) is 93.2 Å². The molecule has 0 saturated heterocycles. The van der Waals surface area contributed by atoms with Gasteiger partial charge in [0.1, 0.15) is 0 Å². The largest absolute Gasteiger partial charge is 0.284 e. The Balaban J connectivity index is 2.13. The van der Waals surface area contributed by atoms with Crippen molar-refractivity contribution < 1.29 is 0 Å². The lowest BCUT2D eigenvalue weighted by Crippen LogP contribution is -2.33. The predicted molar refractivity (Wildman–Crippen MR) is 98.3 cm³/mol. The molecule has 0 aliphatic heterocycles. The quantitative estimate of drug-likeness (QED) is 0.824. The molecule has 0 aromatic heterocycles. The lowest BCUT2D eigenvalue weighted by atomic mass is 10.2. The van der Waals surface area contributed by atoms with Crippen LogP contribution in [-0.4, -0.2) is 11.7 Å². The van der Waals surface area contributed by atoms with Crippen LogP contribution in [-0.2, 0) is 18.2 Å². The summed E-state index contributed by atoms with van der Waals surface area (Å²) in [6.45, 7) is 7.66. The van der Waals surface area contributed by atoms with Crippen molar-refractivity contribution in [2.24, 2.45) is 0 Å². The molecular formula is C18H24NPS. The van der Waals surface area contributed by atoms with Crippen molar-refractivity contribution >= 4 is 23.3 Å². The van der Waals surface area contributed by atoms with Crippen molar-refractivity contribution in [3.8, 4) is 0 Å². The van der Waals surface area contributed by atoms with E-state index in [0.717, 1.165) is 13.0 Å². The molecule has 0 spiro atoms. The molecule has 1 unspecified atom stereocenters. The molecule has 2 aromatic rings. The van der Waals surface area contributed by atoms with Crippen LogP contribution in [0.5, 0.6) is 0 Å². The Kier molecular flexibility index (Phi) is 5.37. The van der Waals surface area contributed by atoms with Crippen molar-refractivity contribution in [2.75, 3.05) is 6.54 Å². The van der Waals surface area contributed by atoms with E-state index in [2.05, 4.69) is 86.5 Å². The summed E-state index contributed by atoms with van der Waals surface area (Å²) >= 11 is 6.12. The standard InChI is InChI=1S/C18H24NPS/c1-18(2,3)20(21,17-12-8-5-9-13-17)19-15-14-16-10-6-4-7-11-16/h4-13H,14-15H2,1-3H3,(H,19,21). The van der Waals surface area contributed by atoms with Crippen LogP contribution in [0.4, 0.5) is 0 Å². The van der Waals surface area contributed by atoms with Gasteiger partial charge in [-0.25, -0.2) is 0 Å². The zero-order chi connectivity index (χ0) is 15.3. The summed E-state index contributed by atoms with van der Waals surface area (Å²) in [6.07, 6.45) is -0.793. The highest BCUT2D eigenvalue weighted by Crippen LogP contribution is 2.53. The third-order valence-corrected chi connectivity index (χ3v) is 9.90. The van der Waals surface area contributed by atoms with Crippen molar-refractivity contribution in [1.29, 1.82) is 0 Å². The van der Waals surface area contributed by atoms with E-state index in [1.54, 1.807) is 0 Å². The van der Waals surface area contributed by atoms with Crippen LogP contribution in [0.1, 0.15) is 26.3 Å². The minimum atomic E-state index is -1.81. The summed E-state index contributed by atoms with van der Waals surface area (Å²) in [7, 11) is 0. The highest BCUT2D eigenvalue weighted by atomic mass is 32.4. The zero-order valence-corrected chi connectivity index (χ0v) is 14.8. The summed E-state index contributed by atoms with van der Waals surface area (Å²) < 4.78 is 0. The second-order valence-corrected chi connectivity index (χ2v) is 11.3. The Bertz CT molecular complexity index is 602. The Morgan fingerprint density at radius 2 is 1.43 bits per heavy atom. The molecule has 1 nitrogen and oxygen atoms in total. The topological polar surface area (TPSA) is 12.0 Å². The van der Waals surface area contributed by atoms with E-state index < -0.39 is 6.19 Å². The molecule has 1 N–H and O–H groups in total. The Hall–Kier alpha value is -0.950. The maximum atomic E-state index is 6.12. The number of hydrogen-bond donors (Lipinski definition) is 1. The lowest BCUT2D eigenvalue weighted by Gasteiger charge is -2.36. The first-order valence-corrected chi connectivity index (χ1v) is 10.2. The highest BCUT2D eigenvalue weighted by Gasteiger charge is 2.32. The van der Waals surface area contributed by atoms with Crippen molar-refractivity contribution in [1.82, 2.24) is 5.09 Å². The minimum absolute atomic E-state index is 0.0698. The van der Waals surface area contributed by atoms with Gasteiger partial charge in [0.05, 0.1) is 0 Å². The van der Waals surface area contributed by atoms with Crippen LogP contribution in [0, 0.1) is 0 Å². The molecule has 3 heteroatoms. The fourth-order valence-electron chi connectivity index (χ4n) is 2.36. The summed E-state index contributed by atoms with van der Waals surface area (Å²) in [5, 5.41) is 5.07. The molecule has 0 bridgehead atoms. The van der Waals surface area contributed by atoms with Gasteiger partial charge in [-0.3, -0.25) is 5.09 Å². The van der Waals surface area contributed by atoms with Crippen LogP contribution in [0.3, 0.4) is 0 Å². The normalized spacial score (nSPS) is 14.6. The Labute approximate surface area is 133 Å². The molecule has 0 heterocycles. The maximum Gasteiger partial charge on any atom is 0.0455 e. The molecule has 0 aliphatic carbocycles. The predicted octanol–water partition coefficient (Wildman–Crippen LogP) is 4.34. The average Bonchev–Trinajstić information content (AvgIpc) is 2.48. The molecule has 0 saturated carbocycles. The summed E-state index contributed by atoms with van der Waals surface area (Å²) in [4.78, 5) is 0. The first kappa shape index (κ1) is 16.4. The van der Waals surface area contributed by atoms with E-state index in [4.69, 9.17) is 11.8 Å². The Morgan fingerprint density at radius 1 is 0.905 bits per heavy atom. The zero-order valence-electron chi connectivity index (χ0n) is 13.0. The molecule has 2 aromatic carbocycles. The fraction of sp³-hybridized carbons (Fsp3) is 0.333. The van der Waals surface area contributed by atoms with Crippen LogP contribution >= 0.6 is 6.19 Å². The summed E-state index contributed by atoms with van der Waals surface area (Å²) in [5.74, 6) is 0. The third kappa shape index (κ3) is 4.03. The molecule has 2 rings (SSSR count). The SMILES string of the molecule is CC(C)(C)P(=S)(NCCc1ccccc1)c1ccccc1. The van der Waals surface area contributed by atoms with Crippen molar-refractivity contribution in [2.45, 2.75) is 32.3 Å². The number of hydrogen-bond acceptors (Lipinski definition) is 1. The highest BCUT2D eigenvalue weighted by molar-refractivity contribution is 8.18. The monoisotopic (exact) mass is 317 g/mol. The van der Waals surface area contributed by atoms with Crippen LogP contribution in [0.15, 0.2) is 60.7 Å². The molecule has 0 radical (unpaired) electrons. The van der Waals surface area contributed by atoms with E-state index in [-0.39, 0.29) is 5.16 Å². The molecule has 112 valence electrons. The molecule has 1 atom stereocenters. The first-order valence-electron chi connectivity index (χ1n) is 7.38. The van der Waals surface area contributed by atoms with E-state index in [1.165, 1.54) is 10.9 Å². The van der Waals surface area contributed by atoms with Crippen LogP contribution < -0.4 is 10.4 Å². The Morgan fingerprint density at radius 3 is 1.95 bits per heavy atom. The van der Waals surface area contributed by atoms with Gasteiger partial charge in [0.15, 0.2) is 0 Å². The summed E-state index contributed by atoms with van der Waals surface area (Å²) in [5.41, 5.74) is 1.36. The minimum Gasteiger partial charge on any atom is -0.284 e. The van der Waals surface area contributed by atoms with Gasteiger partial charge in [-0.2, -0.15) is 0 Å². The molecule has 21 heavy (non-hydrogen) atoms. The van der Waals surface area contributed by atoms with E-state index in [0.29, 0.717) is 0 Å². The number of benzene rings is 2. The van der Waals surface area contributed by atoms with E-state index in [9.17, 15) is 0 Å². The summed E-state index contributed by atoms with van der Waals surface area (Å²) in [6, 6.07) is 21.1. The van der Waals surface area contributed by atoms with Gasteiger partial charge >= 0.3 is 0 Å². The van der Waals surface area contributed by atoms with E-state index >= 15 is 0 Å². The van der Waals surface area contributed by atoms with Gasteiger partial charge < -0.3 is 0 Å². The average molecular weight is 317 g/mol. The molecule has 0 fully saturated rings. The number of rotatable bonds is 5. The van der Waals surface area contributed by atoms with Gasteiger partial charge in [0, 0.05) is 17.9 Å². The van der Waals surface area contributed by atoms with E-state index in [1.807, 2.05) is 0 Å². The maximum absolute atomic E-state index is 6.12. The van der Waals surface area contributed by atoms with Gasteiger partial charge in [0.25, 0.3) is 0 Å². The third-order valence-electron chi connectivity index (χ3n) is 3.66. The molecular weight excluding hydrogens is 293 g/mol. The molecule has 0 amide bonds. The van der Waals surface area contributed by atoms with Crippen LogP contribution in [0.25, 0.3) is 0 Å².